The second-order valence-corrected chi connectivity index (χ2v) is 4.19. The summed E-state index contributed by atoms with van der Waals surface area (Å²) in [5, 5.41) is 0.721. The van der Waals surface area contributed by atoms with Crippen molar-refractivity contribution in [3.63, 3.8) is 0 Å². The van der Waals surface area contributed by atoms with Crippen LogP contribution in [0.15, 0.2) is 42.6 Å². The van der Waals surface area contributed by atoms with Gasteiger partial charge in [-0.05, 0) is 23.3 Å². The van der Waals surface area contributed by atoms with E-state index in [-0.39, 0.29) is 0 Å². The molecule has 0 fully saturated rings. The van der Waals surface area contributed by atoms with Crippen molar-refractivity contribution in [3.8, 4) is 0 Å². The third kappa shape index (κ3) is 3.43. The van der Waals surface area contributed by atoms with Gasteiger partial charge in [-0.1, -0.05) is 35.9 Å². The minimum atomic E-state index is 0.483. The Labute approximate surface area is 111 Å². The first-order valence-corrected chi connectivity index (χ1v) is 5.90. The summed E-state index contributed by atoms with van der Waals surface area (Å²) < 4.78 is 5.58. The molecular formula is C13H14ClN3O. The molecule has 1 aromatic heterocycles. The van der Waals surface area contributed by atoms with Gasteiger partial charge in [0.15, 0.2) is 0 Å². The Bertz CT molecular complexity index is 502. The number of hydrogen-bond donors (Lipinski definition) is 2. The molecule has 0 atom stereocenters. The molecule has 2 rings (SSSR count). The van der Waals surface area contributed by atoms with Gasteiger partial charge in [0.1, 0.15) is 5.82 Å². The van der Waals surface area contributed by atoms with Crippen LogP contribution in [0.2, 0.25) is 5.02 Å². The monoisotopic (exact) mass is 263 g/mol. The highest BCUT2D eigenvalue weighted by atomic mass is 35.5. The average Bonchev–Trinajstić information content (AvgIpc) is 2.42. The van der Waals surface area contributed by atoms with Crippen molar-refractivity contribution in [2.45, 2.75) is 13.2 Å². The molecule has 0 unspecified atom stereocenters. The number of anilines is 1. The molecule has 0 radical (unpaired) electrons. The minimum Gasteiger partial charge on any atom is -0.372 e. The van der Waals surface area contributed by atoms with Crippen LogP contribution in [0.5, 0.6) is 0 Å². The molecular weight excluding hydrogens is 250 g/mol. The highest BCUT2D eigenvalue weighted by molar-refractivity contribution is 6.31. The summed E-state index contributed by atoms with van der Waals surface area (Å²) in [6, 6.07) is 11.3. The number of benzene rings is 1. The molecule has 0 bridgehead atoms. The molecule has 4 nitrogen and oxygen atoms in total. The van der Waals surface area contributed by atoms with Crippen LogP contribution in [-0.2, 0) is 18.0 Å². The average molecular weight is 264 g/mol. The number of pyridine rings is 1. The lowest BCUT2D eigenvalue weighted by atomic mass is 10.2. The summed E-state index contributed by atoms with van der Waals surface area (Å²) in [5.41, 5.74) is 4.44. The van der Waals surface area contributed by atoms with E-state index in [1.807, 2.05) is 30.3 Å². The van der Waals surface area contributed by atoms with Gasteiger partial charge in [0.05, 0.1) is 13.2 Å². The summed E-state index contributed by atoms with van der Waals surface area (Å²) >= 11 is 6.03. The molecule has 0 aliphatic rings. The molecule has 0 aliphatic carbocycles. The van der Waals surface area contributed by atoms with Gasteiger partial charge in [-0.3, -0.25) is 0 Å². The fourth-order valence-corrected chi connectivity index (χ4v) is 1.68. The number of aromatic nitrogens is 1. The molecule has 0 aliphatic heterocycles. The van der Waals surface area contributed by atoms with E-state index < -0.39 is 0 Å². The second-order valence-electron chi connectivity index (χ2n) is 3.78. The highest BCUT2D eigenvalue weighted by Gasteiger charge is 2.00. The first-order chi connectivity index (χ1) is 8.79. The molecule has 3 N–H and O–H groups in total. The number of nitrogens with zero attached hydrogens (tertiary/aromatic N) is 1. The zero-order chi connectivity index (χ0) is 12.8. The molecule has 18 heavy (non-hydrogen) atoms. The fraction of sp³-hybridized carbons (Fsp3) is 0.154. The summed E-state index contributed by atoms with van der Waals surface area (Å²) in [6.07, 6.45) is 1.72. The molecule has 5 heteroatoms. The first-order valence-electron chi connectivity index (χ1n) is 5.52. The van der Waals surface area contributed by atoms with Crippen molar-refractivity contribution < 1.29 is 4.74 Å². The molecule has 0 amide bonds. The van der Waals surface area contributed by atoms with Crippen LogP contribution in [0.1, 0.15) is 11.1 Å². The summed E-state index contributed by atoms with van der Waals surface area (Å²) in [6.45, 7) is 0.972. The number of nitrogens with two attached hydrogens (primary N) is 1. The summed E-state index contributed by atoms with van der Waals surface area (Å²) in [5.74, 6) is 5.86. The maximum absolute atomic E-state index is 6.03. The first kappa shape index (κ1) is 12.8. The number of rotatable bonds is 5. The van der Waals surface area contributed by atoms with E-state index in [2.05, 4.69) is 10.4 Å². The van der Waals surface area contributed by atoms with E-state index in [9.17, 15) is 0 Å². The molecule has 0 spiro atoms. The van der Waals surface area contributed by atoms with E-state index in [0.29, 0.717) is 19.0 Å². The third-order valence-electron chi connectivity index (χ3n) is 2.46. The van der Waals surface area contributed by atoms with Crippen molar-refractivity contribution in [1.29, 1.82) is 0 Å². The van der Waals surface area contributed by atoms with E-state index in [1.54, 1.807) is 12.3 Å². The van der Waals surface area contributed by atoms with Crippen LogP contribution >= 0.6 is 11.6 Å². The smallest absolute Gasteiger partial charge is 0.139 e. The zero-order valence-corrected chi connectivity index (χ0v) is 10.5. The Morgan fingerprint density at radius 2 is 2.00 bits per heavy atom. The van der Waals surface area contributed by atoms with Crippen molar-refractivity contribution in [2.24, 2.45) is 5.84 Å². The van der Waals surface area contributed by atoms with Gasteiger partial charge in [-0.2, -0.15) is 0 Å². The standard InChI is InChI=1S/C13H14ClN3O/c14-12-4-2-1-3-11(12)9-18-8-10-5-6-13(17-15)16-7-10/h1-7H,8-9,15H2,(H,16,17). The van der Waals surface area contributed by atoms with Crippen LogP contribution in [0, 0.1) is 0 Å². The third-order valence-corrected chi connectivity index (χ3v) is 2.83. The van der Waals surface area contributed by atoms with Crippen molar-refractivity contribution in [3.05, 3.63) is 58.7 Å². The van der Waals surface area contributed by atoms with Crippen LogP contribution in [-0.4, -0.2) is 4.98 Å². The quantitative estimate of drug-likeness (QED) is 0.643. The van der Waals surface area contributed by atoms with Crippen molar-refractivity contribution in [1.82, 2.24) is 4.98 Å². The normalized spacial score (nSPS) is 10.3. The largest absolute Gasteiger partial charge is 0.372 e. The van der Waals surface area contributed by atoms with Gasteiger partial charge < -0.3 is 10.2 Å². The molecule has 94 valence electrons. The van der Waals surface area contributed by atoms with Crippen LogP contribution in [0.4, 0.5) is 5.82 Å². The van der Waals surface area contributed by atoms with Crippen LogP contribution in [0.25, 0.3) is 0 Å². The van der Waals surface area contributed by atoms with E-state index in [1.165, 1.54) is 0 Å². The second kappa shape index (κ2) is 6.35. The number of hydrogen-bond acceptors (Lipinski definition) is 4. The summed E-state index contributed by atoms with van der Waals surface area (Å²) in [7, 11) is 0. The SMILES string of the molecule is NNc1ccc(COCc2ccccc2Cl)cn1. The molecule has 0 saturated carbocycles. The lowest BCUT2D eigenvalue weighted by Crippen LogP contribution is -2.08. The molecule has 0 saturated heterocycles. The Morgan fingerprint density at radius 3 is 2.67 bits per heavy atom. The Balaban J connectivity index is 1.86. The number of hydrazine groups is 1. The predicted octanol–water partition coefficient (Wildman–Crippen LogP) is 2.74. The fourth-order valence-electron chi connectivity index (χ4n) is 1.49. The van der Waals surface area contributed by atoms with Crippen LogP contribution < -0.4 is 11.3 Å². The lowest BCUT2D eigenvalue weighted by Gasteiger charge is -2.06. The van der Waals surface area contributed by atoms with Gasteiger partial charge in [0.25, 0.3) is 0 Å². The predicted molar refractivity (Wildman–Crippen MR) is 72.0 cm³/mol. The van der Waals surface area contributed by atoms with Gasteiger partial charge in [-0.15, -0.1) is 0 Å². The summed E-state index contributed by atoms with van der Waals surface area (Å²) in [4.78, 5) is 4.10. The number of nitrogens with one attached hydrogen (secondary N) is 1. The topological polar surface area (TPSA) is 60.2 Å². The van der Waals surface area contributed by atoms with Gasteiger partial charge in [0, 0.05) is 11.2 Å². The Hall–Kier alpha value is -1.62. The van der Waals surface area contributed by atoms with Gasteiger partial charge in [0.2, 0.25) is 0 Å². The van der Waals surface area contributed by atoms with E-state index in [0.717, 1.165) is 16.1 Å². The molecule has 1 aromatic carbocycles. The maximum Gasteiger partial charge on any atom is 0.139 e. The Morgan fingerprint density at radius 1 is 1.17 bits per heavy atom. The van der Waals surface area contributed by atoms with Crippen molar-refractivity contribution in [2.75, 3.05) is 5.43 Å². The lowest BCUT2D eigenvalue weighted by molar-refractivity contribution is 0.107. The number of halogens is 1. The molecule has 2 aromatic rings. The minimum absolute atomic E-state index is 0.483. The van der Waals surface area contributed by atoms with Gasteiger partial charge >= 0.3 is 0 Å². The van der Waals surface area contributed by atoms with E-state index >= 15 is 0 Å². The highest BCUT2D eigenvalue weighted by Crippen LogP contribution is 2.16. The van der Waals surface area contributed by atoms with E-state index in [4.69, 9.17) is 22.2 Å². The van der Waals surface area contributed by atoms with Crippen molar-refractivity contribution >= 4 is 17.4 Å². The van der Waals surface area contributed by atoms with Crippen LogP contribution in [0.3, 0.4) is 0 Å². The number of nitrogen functional groups attached to an aromatic ring is 1. The Kier molecular flexibility index (Phi) is 4.52. The maximum atomic E-state index is 6.03. The molecule has 1 heterocycles. The number of ether oxygens (including phenoxy) is 1. The van der Waals surface area contributed by atoms with Gasteiger partial charge in [-0.25, -0.2) is 10.8 Å². The zero-order valence-electron chi connectivity index (χ0n) is 9.77.